The lowest BCUT2D eigenvalue weighted by Gasteiger charge is -2.31. The van der Waals surface area contributed by atoms with Gasteiger partial charge in [0.1, 0.15) is 0 Å². The Hall–Kier alpha value is -2.16. The van der Waals surface area contributed by atoms with Crippen LogP contribution >= 0.6 is 35.4 Å². The molecule has 0 saturated carbocycles. The van der Waals surface area contributed by atoms with Gasteiger partial charge in [0.2, 0.25) is 0 Å². The monoisotopic (exact) mass is 515 g/mol. The van der Waals surface area contributed by atoms with Crippen LogP contribution in [0.15, 0.2) is 60.9 Å². The van der Waals surface area contributed by atoms with Gasteiger partial charge in [-0.2, -0.15) is 0 Å². The molecule has 2 fully saturated rings. The molecule has 2 aromatic heterocycles. The van der Waals surface area contributed by atoms with Crippen LogP contribution in [-0.4, -0.2) is 63.9 Å². The van der Waals surface area contributed by atoms with E-state index in [0.29, 0.717) is 10.0 Å². The first-order valence-corrected chi connectivity index (χ1v) is 12.7. The van der Waals surface area contributed by atoms with Gasteiger partial charge in [-0.05, 0) is 61.1 Å². The molecule has 2 aliphatic heterocycles. The van der Waals surface area contributed by atoms with Crippen molar-refractivity contribution in [2.45, 2.75) is 18.5 Å². The minimum atomic E-state index is -0.0724. The highest BCUT2D eigenvalue weighted by molar-refractivity contribution is 7.80. The van der Waals surface area contributed by atoms with Gasteiger partial charge < -0.3 is 19.5 Å². The number of benzene rings is 1. The standard InChI is InChI=1S/C25H27Cl2N5OS/c26-18-7-8-21(19(27)17-18)31-11-3-6-22(31)24-23(20-5-1-2-9-28-20)29-25(34)32(24)12-4-10-30-13-15-33-16-14-30/h1-3,5-9,11,17,23-24H,4,10,12-16H2,(H,29,34)/t23-,24+/m1/s1. The van der Waals surface area contributed by atoms with Gasteiger partial charge in [0.05, 0.1) is 41.7 Å². The van der Waals surface area contributed by atoms with E-state index in [1.54, 1.807) is 6.07 Å². The molecule has 0 bridgehead atoms. The van der Waals surface area contributed by atoms with Gasteiger partial charge in [-0.25, -0.2) is 0 Å². The van der Waals surface area contributed by atoms with Crippen LogP contribution in [0.4, 0.5) is 0 Å². The topological polar surface area (TPSA) is 45.6 Å². The maximum Gasteiger partial charge on any atom is 0.170 e. The van der Waals surface area contributed by atoms with Gasteiger partial charge in [-0.3, -0.25) is 9.88 Å². The normalized spacial score (nSPS) is 21.1. The third-order valence-corrected chi connectivity index (χ3v) is 7.32. The molecule has 5 rings (SSSR count). The second-order valence-electron chi connectivity index (χ2n) is 8.53. The molecule has 1 N–H and O–H groups in total. The molecule has 34 heavy (non-hydrogen) atoms. The van der Waals surface area contributed by atoms with Crippen LogP contribution in [-0.2, 0) is 4.74 Å². The average Bonchev–Trinajstić information content (AvgIpc) is 3.45. The SMILES string of the molecule is S=C1N[C@H](c2ccccn2)[C@H](c2cccn2-c2ccc(Cl)cc2Cl)N1CCCN1CCOCC1. The van der Waals surface area contributed by atoms with Gasteiger partial charge >= 0.3 is 0 Å². The number of nitrogens with zero attached hydrogens (tertiary/aromatic N) is 4. The molecule has 0 unspecified atom stereocenters. The molecule has 9 heteroatoms. The second-order valence-corrected chi connectivity index (χ2v) is 9.76. The lowest BCUT2D eigenvalue weighted by Crippen LogP contribution is -2.39. The number of rotatable bonds is 7. The van der Waals surface area contributed by atoms with Crippen molar-refractivity contribution in [2.75, 3.05) is 39.4 Å². The molecular formula is C25H27Cl2N5OS. The maximum atomic E-state index is 6.60. The third-order valence-electron chi connectivity index (χ3n) is 6.43. The average molecular weight is 516 g/mol. The highest BCUT2D eigenvalue weighted by atomic mass is 35.5. The molecule has 4 heterocycles. The Morgan fingerprint density at radius 2 is 1.91 bits per heavy atom. The fraction of sp³-hybridized carbons (Fsp3) is 0.360. The minimum absolute atomic E-state index is 0.0335. The summed E-state index contributed by atoms with van der Waals surface area (Å²) in [6.45, 7) is 5.46. The zero-order chi connectivity index (χ0) is 23.5. The first-order valence-electron chi connectivity index (χ1n) is 11.5. The van der Waals surface area contributed by atoms with E-state index in [4.69, 9.17) is 40.2 Å². The Kier molecular flexibility index (Phi) is 7.37. The third kappa shape index (κ3) is 4.95. The molecule has 2 saturated heterocycles. The lowest BCUT2D eigenvalue weighted by atomic mass is 10.0. The predicted molar refractivity (Wildman–Crippen MR) is 140 cm³/mol. The van der Waals surface area contributed by atoms with Gasteiger partial charge in [0, 0.05) is 49.3 Å². The highest BCUT2D eigenvalue weighted by Gasteiger charge is 2.41. The van der Waals surface area contributed by atoms with Crippen molar-refractivity contribution in [3.8, 4) is 5.69 Å². The number of halogens is 2. The van der Waals surface area contributed by atoms with Crippen LogP contribution in [0.3, 0.4) is 0 Å². The Bertz CT molecular complexity index is 1140. The molecule has 1 aromatic carbocycles. The zero-order valence-electron chi connectivity index (χ0n) is 18.7. The number of hydrogen-bond acceptors (Lipinski definition) is 4. The van der Waals surface area contributed by atoms with E-state index in [1.165, 1.54) is 0 Å². The quantitative estimate of drug-likeness (QED) is 0.452. The van der Waals surface area contributed by atoms with Crippen molar-refractivity contribution in [3.63, 3.8) is 0 Å². The fourth-order valence-electron chi connectivity index (χ4n) is 4.79. The van der Waals surface area contributed by atoms with Crippen molar-refractivity contribution < 1.29 is 4.74 Å². The van der Waals surface area contributed by atoms with Gasteiger partial charge in [0.25, 0.3) is 0 Å². The van der Waals surface area contributed by atoms with Gasteiger partial charge in [0.15, 0.2) is 5.11 Å². The molecular weight excluding hydrogens is 489 g/mol. The first-order chi connectivity index (χ1) is 16.6. The molecule has 0 radical (unpaired) electrons. The lowest BCUT2D eigenvalue weighted by molar-refractivity contribution is 0.0365. The zero-order valence-corrected chi connectivity index (χ0v) is 21.1. The molecule has 0 amide bonds. The fourth-order valence-corrected chi connectivity index (χ4v) is 5.62. The number of ether oxygens (including phenoxy) is 1. The largest absolute Gasteiger partial charge is 0.379 e. The summed E-state index contributed by atoms with van der Waals surface area (Å²) in [5, 5.41) is 5.51. The summed E-state index contributed by atoms with van der Waals surface area (Å²) in [6, 6.07) is 15.7. The van der Waals surface area contributed by atoms with Crippen LogP contribution in [0.2, 0.25) is 10.0 Å². The summed E-state index contributed by atoms with van der Waals surface area (Å²) in [4.78, 5) is 9.40. The molecule has 6 nitrogen and oxygen atoms in total. The molecule has 0 aliphatic carbocycles. The smallest absolute Gasteiger partial charge is 0.170 e. The summed E-state index contributed by atoms with van der Waals surface area (Å²) in [5.41, 5.74) is 2.94. The Morgan fingerprint density at radius 1 is 1.06 bits per heavy atom. The number of hydrogen-bond donors (Lipinski definition) is 1. The Labute approximate surface area is 215 Å². The van der Waals surface area contributed by atoms with E-state index >= 15 is 0 Å². The van der Waals surface area contributed by atoms with E-state index in [0.717, 1.165) is 68.0 Å². The Balaban J connectivity index is 1.46. The van der Waals surface area contributed by atoms with Gasteiger partial charge in [-0.1, -0.05) is 29.3 Å². The van der Waals surface area contributed by atoms with E-state index in [-0.39, 0.29) is 12.1 Å². The van der Waals surface area contributed by atoms with Crippen molar-refractivity contribution in [1.82, 2.24) is 24.7 Å². The van der Waals surface area contributed by atoms with Crippen molar-refractivity contribution in [3.05, 3.63) is 82.4 Å². The van der Waals surface area contributed by atoms with Crippen LogP contribution in [0.25, 0.3) is 5.69 Å². The molecule has 0 spiro atoms. The molecule has 2 aliphatic rings. The number of aromatic nitrogens is 2. The number of morpholine rings is 1. The van der Waals surface area contributed by atoms with Crippen LogP contribution in [0, 0.1) is 0 Å². The predicted octanol–water partition coefficient (Wildman–Crippen LogP) is 4.87. The Morgan fingerprint density at radius 3 is 2.68 bits per heavy atom. The van der Waals surface area contributed by atoms with Crippen LogP contribution in [0.5, 0.6) is 0 Å². The van der Waals surface area contributed by atoms with Crippen LogP contribution < -0.4 is 5.32 Å². The molecule has 2 atom stereocenters. The molecule has 3 aromatic rings. The maximum absolute atomic E-state index is 6.60. The summed E-state index contributed by atoms with van der Waals surface area (Å²) >= 11 is 18.6. The summed E-state index contributed by atoms with van der Waals surface area (Å²) < 4.78 is 7.62. The first kappa shape index (κ1) is 23.6. The van der Waals surface area contributed by atoms with Crippen molar-refractivity contribution in [1.29, 1.82) is 0 Å². The van der Waals surface area contributed by atoms with E-state index in [1.807, 2.05) is 48.8 Å². The van der Waals surface area contributed by atoms with E-state index in [2.05, 4.69) is 30.7 Å². The van der Waals surface area contributed by atoms with Crippen LogP contribution in [0.1, 0.15) is 29.9 Å². The van der Waals surface area contributed by atoms with Gasteiger partial charge in [-0.15, -0.1) is 0 Å². The van der Waals surface area contributed by atoms with E-state index in [9.17, 15) is 0 Å². The summed E-state index contributed by atoms with van der Waals surface area (Å²) in [7, 11) is 0. The van der Waals surface area contributed by atoms with Crippen molar-refractivity contribution >= 4 is 40.5 Å². The minimum Gasteiger partial charge on any atom is -0.379 e. The number of nitrogens with one attached hydrogen (secondary N) is 1. The summed E-state index contributed by atoms with van der Waals surface area (Å²) in [6.07, 6.45) is 4.87. The van der Waals surface area contributed by atoms with E-state index < -0.39 is 0 Å². The summed E-state index contributed by atoms with van der Waals surface area (Å²) in [5.74, 6) is 0. The number of pyridine rings is 1. The van der Waals surface area contributed by atoms with Crippen molar-refractivity contribution in [2.24, 2.45) is 0 Å². The number of thiocarbonyl (C=S) groups is 1. The second kappa shape index (κ2) is 10.6. The molecule has 178 valence electrons. The highest BCUT2D eigenvalue weighted by Crippen LogP contribution is 2.40.